The van der Waals surface area contributed by atoms with E-state index in [0.717, 1.165) is 12.1 Å². The van der Waals surface area contributed by atoms with Crippen LogP contribution in [0.1, 0.15) is 5.69 Å². The van der Waals surface area contributed by atoms with Crippen LogP contribution in [0.3, 0.4) is 0 Å². The van der Waals surface area contributed by atoms with Crippen LogP contribution in [0.2, 0.25) is 5.02 Å². The maximum atomic E-state index is 12.4. The summed E-state index contributed by atoms with van der Waals surface area (Å²) in [5, 5.41) is 0.475. The molecule has 0 fully saturated rings. The molecular formula is C11H7ClF3NOS. The third kappa shape index (κ3) is 2.76. The molecule has 1 aromatic carbocycles. The Morgan fingerprint density at radius 1 is 1.06 bits per heavy atom. The van der Waals surface area contributed by atoms with Gasteiger partial charge in [0.25, 0.3) is 0 Å². The minimum Gasteiger partial charge on any atom is -0.344 e. The topological polar surface area (TPSA) is 32.9 Å². The fourth-order valence-corrected chi connectivity index (χ4v) is 2.49. The van der Waals surface area contributed by atoms with E-state index in [4.69, 9.17) is 11.6 Å². The first-order valence-electron chi connectivity index (χ1n) is 4.81. The quantitative estimate of drug-likeness (QED) is 0.896. The number of hydrogen-bond acceptors (Lipinski definition) is 1. The molecule has 0 spiro atoms. The Morgan fingerprint density at radius 2 is 1.67 bits per heavy atom. The summed E-state index contributed by atoms with van der Waals surface area (Å²) in [5.74, 6) is 0. The maximum Gasteiger partial charge on any atom is 0.431 e. The van der Waals surface area contributed by atoms with Crippen molar-refractivity contribution in [2.24, 2.45) is 0 Å². The molecule has 96 valence electrons. The molecule has 18 heavy (non-hydrogen) atoms. The third-order valence-electron chi connectivity index (χ3n) is 2.19. The maximum absolute atomic E-state index is 12.4. The van der Waals surface area contributed by atoms with Crippen molar-refractivity contribution in [3.05, 3.63) is 47.1 Å². The first kappa shape index (κ1) is 13.2. The van der Waals surface area contributed by atoms with Crippen LogP contribution < -0.4 is 0 Å². The summed E-state index contributed by atoms with van der Waals surface area (Å²) < 4.78 is 49.1. The van der Waals surface area contributed by atoms with Crippen molar-refractivity contribution < 1.29 is 17.4 Å². The zero-order valence-electron chi connectivity index (χ0n) is 8.79. The zero-order valence-corrected chi connectivity index (χ0v) is 10.4. The van der Waals surface area contributed by atoms with Gasteiger partial charge >= 0.3 is 6.18 Å². The van der Waals surface area contributed by atoms with Crippen molar-refractivity contribution >= 4 is 22.4 Å². The number of nitrogens with one attached hydrogen (secondary N) is 1. The van der Waals surface area contributed by atoms with Crippen LogP contribution in [-0.4, -0.2) is 9.19 Å². The number of alkyl halides is 3. The highest BCUT2D eigenvalue weighted by atomic mass is 35.5. The van der Waals surface area contributed by atoms with Crippen LogP contribution in [-0.2, 0) is 17.0 Å². The van der Waals surface area contributed by atoms with E-state index >= 15 is 0 Å². The highest BCUT2D eigenvalue weighted by Gasteiger charge is 2.32. The Kier molecular flexibility index (Phi) is 3.49. The van der Waals surface area contributed by atoms with Gasteiger partial charge in [-0.05, 0) is 36.4 Å². The van der Waals surface area contributed by atoms with E-state index in [2.05, 4.69) is 4.98 Å². The van der Waals surface area contributed by atoms with Gasteiger partial charge in [-0.25, -0.2) is 4.21 Å². The summed E-state index contributed by atoms with van der Waals surface area (Å²) in [6.07, 6.45) is -4.47. The van der Waals surface area contributed by atoms with Crippen molar-refractivity contribution in [1.29, 1.82) is 0 Å². The average molecular weight is 294 g/mol. The predicted octanol–water partition coefficient (Wildman–Crippen LogP) is 3.85. The molecule has 1 atom stereocenters. The van der Waals surface area contributed by atoms with Crippen molar-refractivity contribution in [3.8, 4) is 0 Å². The first-order chi connectivity index (χ1) is 8.38. The largest absolute Gasteiger partial charge is 0.431 e. The van der Waals surface area contributed by atoms with E-state index in [0.29, 0.717) is 9.92 Å². The minimum atomic E-state index is -4.47. The van der Waals surface area contributed by atoms with Gasteiger partial charge in [0.15, 0.2) is 0 Å². The van der Waals surface area contributed by atoms with Gasteiger partial charge < -0.3 is 4.98 Å². The smallest absolute Gasteiger partial charge is 0.344 e. The SMILES string of the molecule is O=S(c1ccc(Cl)cc1)c1ccc(C(F)(F)F)[nH]1. The van der Waals surface area contributed by atoms with Gasteiger partial charge in [0.1, 0.15) is 21.5 Å². The van der Waals surface area contributed by atoms with Gasteiger partial charge in [0, 0.05) is 9.92 Å². The molecule has 1 N–H and O–H groups in total. The molecular weight excluding hydrogens is 287 g/mol. The number of aromatic nitrogens is 1. The van der Waals surface area contributed by atoms with Crippen molar-refractivity contribution in [2.75, 3.05) is 0 Å². The van der Waals surface area contributed by atoms with Crippen LogP contribution in [0, 0.1) is 0 Å². The van der Waals surface area contributed by atoms with Gasteiger partial charge in [0.05, 0.1) is 0 Å². The van der Waals surface area contributed by atoms with E-state index < -0.39 is 22.7 Å². The molecule has 2 nitrogen and oxygen atoms in total. The predicted molar refractivity (Wildman–Crippen MR) is 61.9 cm³/mol. The summed E-state index contributed by atoms with van der Waals surface area (Å²) in [4.78, 5) is 2.49. The average Bonchev–Trinajstić information content (AvgIpc) is 2.78. The Morgan fingerprint density at radius 3 is 2.17 bits per heavy atom. The van der Waals surface area contributed by atoms with Crippen LogP contribution in [0.5, 0.6) is 0 Å². The van der Waals surface area contributed by atoms with E-state index in [1.165, 1.54) is 24.3 Å². The lowest BCUT2D eigenvalue weighted by Gasteiger charge is -2.03. The van der Waals surface area contributed by atoms with Crippen LogP contribution in [0.15, 0.2) is 46.3 Å². The highest BCUT2D eigenvalue weighted by molar-refractivity contribution is 7.85. The number of aromatic amines is 1. The monoisotopic (exact) mass is 293 g/mol. The van der Waals surface area contributed by atoms with Gasteiger partial charge in [-0.3, -0.25) is 0 Å². The molecule has 1 aromatic heterocycles. The van der Waals surface area contributed by atoms with E-state index in [-0.39, 0.29) is 5.03 Å². The van der Waals surface area contributed by atoms with Crippen molar-refractivity contribution in [2.45, 2.75) is 16.1 Å². The minimum absolute atomic E-state index is 0.00430. The van der Waals surface area contributed by atoms with Crippen LogP contribution in [0.25, 0.3) is 0 Å². The lowest BCUT2D eigenvalue weighted by molar-refractivity contribution is -0.141. The molecule has 0 radical (unpaired) electrons. The Hall–Kier alpha value is -1.27. The molecule has 0 saturated carbocycles. The van der Waals surface area contributed by atoms with Gasteiger partial charge in [0.2, 0.25) is 0 Å². The second kappa shape index (κ2) is 4.78. The number of H-pyrrole nitrogens is 1. The molecule has 7 heteroatoms. The molecule has 0 saturated heterocycles. The van der Waals surface area contributed by atoms with Crippen LogP contribution in [0.4, 0.5) is 13.2 Å². The molecule has 0 aliphatic carbocycles. The Bertz CT molecular complexity index is 577. The van der Waals surface area contributed by atoms with Crippen molar-refractivity contribution in [3.63, 3.8) is 0 Å². The molecule has 0 aliphatic rings. The Balaban J connectivity index is 2.29. The fraction of sp³-hybridized carbons (Fsp3) is 0.0909. The number of halogens is 4. The summed E-state index contributed by atoms with van der Waals surface area (Å²) >= 11 is 5.67. The number of benzene rings is 1. The molecule has 0 amide bonds. The molecule has 2 aromatic rings. The van der Waals surface area contributed by atoms with E-state index in [1.807, 2.05) is 0 Å². The van der Waals surface area contributed by atoms with Crippen LogP contribution >= 0.6 is 11.6 Å². The summed E-state index contributed by atoms with van der Waals surface area (Å²) in [6.45, 7) is 0. The zero-order chi connectivity index (χ0) is 13.3. The molecule has 0 aliphatic heterocycles. The highest BCUT2D eigenvalue weighted by Crippen LogP contribution is 2.29. The van der Waals surface area contributed by atoms with E-state index in [9.17, 15) is 17.4 Å². The number of rotatable bonds is 2. The molecule has 2 rings (SSSR count). The second-order valence-corrected chi connectivity index (χ2v) is 5.34. The third-order valence-corrected chi connectivity index (χ3v) is 3.78. The van der Waals surface area contributed by atoms with Crippen molar-refractivity contribution in [1.82, 2.24) is 4.98 Å². The molecule has 0 bridgehead atoms. The van der Waals surface area contributed by atoms with Gasteiger partial charge in [-0.1, -0.05) is 11.6 Å². The molecule has 1 unspecified atom stereocenters. The lowest BCUT2D eigenvalue weighted by atomic mass is 10.4. The first-order valence-corrected chi connectivity index (χ1v) is 6.34. The standard InChI is InChI=1S/C11H7ClF3NOS/c12-7-1-3-8(4-2-7)18(17)10-6-5-9(16-10)11(13,14)15/h1-6,16H. The summed E-state index contributed by atoms with van der Waals surface area (Å²) in [6, 6.07) is 8.10. The lowest BCUT2D eigenvalue weighted by Crippen LogP contribution is -2.05. The Labute approximate surface area is 108 Å². The molecule has 1 heterocycles. The fourth-order valence-electron chi connectivity index (χ4n) is 1.33. The number of hydrogen-bond donors (Lipinski definition) is 1. The summed E-state index contributed by atoms with van der Waals surface area (Å²) in [5.41, 5.74) is -0.917. The van der Waals surface area contributed by atoms with Gasteiger partial charge in [-0.2, -0.15) is 13.2 Å². The summed E-state index contributed by atoms with van der Waals surface area (Å²) in [7, 11) is -1.68. The second-order valence-electron chi connectivity index (χ2n) is 3.46. The van der Waals surface area contributed by atoms with Gasteiger partial charge in [-0.15, -0.1) is 0 Å². The van der Waals surface area contributed by atoms with E-state index in [1.54, 1.807) is 0 Å². The normalized spacial score (nSPS) is 13.6.